The molecule has 9 rings (SSSR count). The number of aromatic amines is 1. The Morgan fingerprint density at radius 3 is 1.89 bits per heavy atom. The number of fused-ring (bicyclic) bond motifs is 2. The van der Waals surface area contributed by atoms with Crippen LogP contribution in [0.1, 0.15) is 40.7 Å². The third kappa shape index (κ3) is 16.0. The zero-order valence-electron chi connectivity index (χ0n) is 45.5. The summed E-state index contributed by atoms with van der Waals surface area (Å²) in [7, 11) is 0. The number of nitrogens with two attached hydrogens (primary N) is 1. The van der Waals surface area contributed by atoms with Gasteiger partial charge >= 0.3 is 6.09 Å². The van der Waals surface area contributed by atoms with Gasteiger partial charge in [0.05, 0.1) is 6.54 Å². The van der Waals surface area contributed by atoms with Crippen LogP contribution < -0.4 is 47.7 Å². The molecule has 4 heterocycles. The molecule has 1 aromatic heterocycles. The van der Waals surface area contributed by atoms with E-state index in [0.717, 1.165) is 22.0 Å². The summed E-state index contributed by atoms with van der Waals surface area (Å²) in [5.41, 5.74) is 10.2. The SMILES string of the molecule is NCCNC(=O)O[C@@H]1C[C@H]2C(=O)N[C@@H](CCc3ccccc3)C(=O)N[C@H](Cc3c[nH]c4ccccc34)C(=O)N[C@@H](CN3CCNCC3)C(=O)N[C@@H](Cc3ccc(OCc4ccccc4)cc3)C(=O)N[C@@H](Cc3ccc(Cl)cc3)C(=O)N2C1. The third-order valence-electron chi connectivity index (χ3n) is 15.0. The van der Waals surface area contributed by atoms with E-state index in [1.807, 2.05) is 89.8 Å². The van der Waals surface area contributed by atoms with Crippen LogP contribution in [0.4, 0.5) is 4.79 Å². The lowest BCUT2D eigenvalue weighted by molar-refractivity contribution is -0.143. The predicted octanol–water partition coefficient (Wildman–Crippen LogP) is 3.06. The fourth-order valence-electron chi connectivity index (χ4n) is 10.6. The Kier molecular flexibility index (Phi) is 20.2. The quantitative estimate of drug-likeness (QED) is 0.0638. The van der Waals surface area contributed by atoms with Crippen molar-refractivity contribution in [3.8, 4) is 5.75 Å². The Bertz CT molecular complexity index is 3140. The number of piperazine rings is 1. The first-order valence-electron chi connectivity index (χ1n) is 27.8. The summed E-state index contributed by atoms with van der Waals surface area (Å²) < 4.78 is 11.8. The Balaban J connectivity index is 1.11. The van der Waals surface area contributed by atoms with Crippen LogP contribution >= 0.6 is 11.6 Å². The van der Waals surface area contributed by atoms with Gasteiger partial charge in [-0.3, -0.25) is 33.7 Å². The summed E-state index contributed by atoms with van der Waals surface area (Å²) in [6.07, 6.45) is -0.0302. The highest BCUT2D eigenvalue weighted by Gasteiger charge is 2.45. The summed E-state index contributed by atoms with van der Waals surface area (Å²) in [5, 5.41) is 21.9. The van der Waals surface area contributed by atoms with Crippen LogP contribution in [0.2, 0.25) is 5.02 Å². The number of H-pyrrole nitrogens is 1. The average molecular weight is 1140 g/mol. The number of carbonyl (C=O) groups excluding carboxylic acids is 7. The van der Waals surface area contributed by atoms with Gasteiger partial charge in [0.2, 0.25) is 35.4 Å². The molecule has 20 nitrogen and oxygen atoms in total. The van der Waals surface area contributed by atoms with Gasteiger partial charge in [0.25, 0.3) is 0 Å². The number of ether oxygens (including phenoxy) is 2. The highest BCUT2D eigenvalue weighted by Crippen LogP contribution is 2.25. The minimum Gasteiger partial charge on any atom is -0.489 e. The van der Waals surface area contributed by atoms with Gasteiger partial charge in [-0.2, -0.15) is 0 Å². The van der Waals surface area contributed by atoms with Crippen molar-refractivity contribution in [3.05, 3.63) is 172 Å². The van der Waals surface area contributed by atoms with Gasteiger partial charge in [0.15, 0.2) is 0 Å². The molecule has 7 atom stereocenters. The van der Waals surface area contributed by atoms with E-state index in [1.165, 1.54) is 4.90 Å². The van der Waals surface area contributed by atoms with Crippen LogP contribution in [0.3, 0.4) is 0 Å². The second kappa shape index (κ2) is 28.4. The Hall–Kier alpha value is -8.30. The Morgan fingerprint density at radius 2 is 1.20 bits per heavy atom. The zero-order chi connectivity index (χ0) is 57.4. The lowest BCUT2D eigenvalue weighted by Crippen LogP contribution is -2.63. The number of rotatable bonds is 17. The summed E-state index contributed by atoms with van der Waals surface area (Å²) in [6, 6.07) is 32.5. The minimum absolute atomic E-state index is 0.0237. The van der Waals surface area contributed by atoms with Crippen molar-refractivity contribution in [2.75, 3.05) is 52.4 Å². The highest BCUT2D eigenvalue weighted by molar-refractivity contribution is 6.30. The number of nitrogens with one attached hydrogen (secondary N) is 8. The van der Waals surface area contributed by atoms with Gasteiger partial charge in [-0.05, 0) is 71.0 Å². The fraction of sp³-hybridized carbons (Fsp3) is 0.361. The van der Waals surface area contributed by atoms with Crippen LogP contribution in [0, 0.1) is 0 Å². The molecular weight excluding hydrogens is 1070 g/mol. The molecule has 0 saturated carbocycles. The molecule has 5 aromatic carbocycles. The molecule has 0 unspecified atom stereocenters. The van der Waals surface area contributed by atoms with Crippen molar-refractivity contribution in [1.82, 2.24) is 52.0 Å². The van der Waals surface area contributed by atoms with E-state index in [9.17, 15) is 4.79 Å². The Labute approximate surface area is 480 Å². The lowest BCUT2D eigenvalue weighted by Gasteiger charge is -2.33. The molecule has 3 saturated heterocycles. The maximum absolute atomic E-state index is 15.5. The number of carbonyl (C=O) groups is 7. The number of aryl methyl sites for hydroxylation is 1. The van der Waals surface area contributed by atoms with Crippen molar-refractivity contribution in [1.29, 1.82) is 0 Å². The second-order valence-electron chi connectivity index (χ2n) is 20.9. The van der Waals surface area contributed by atoms with Gasteiger partial charge in [0.1, 0.15) is 54.7 Å². The number of hydrogen-bond acceptors (Lipinski definition) is 12. The number of halogens is 1. The number of benzene rings is 5. The molecule has 0 aliphatic carbocycles. The standard InChI is InChI=1S/C61H70ClN11O9/c62-44-20-15-40(16-21-44)32-52-60(79)73-36-46(82-61(80)65-26-25-63)34-54(73)59(78)67-49(24-19-39-9-3-1-4-10-39)55(74)69-51(33-43-35-66-48-14-8-7-13-47(43)48)57(76)71-53(37-72-29-27-64-28-30-72)58(77)68-50(56(75)70-52)31-41-17-22-45(23-18-41)81-38-42-11-5-2-6-12-42/h1-18,20-23,35,46,49-54,64,66H,19,24-34,36-38,63H2,(H,65,80)(H,67,78)(H,68,77)(H,69,74)(H,70,75)(H,71,76)/t46-,49+,50+,51-,52+,53+,54+/m1/s1. The maximum Gasteiger partial charge on any atom is 0.407 e. The fourth-order valence-corrected chi connectivity index (χ4v) is 10.7. The van der Waals surface area contributed by atoms with Gasteiger partial charge in [0, 0.05) is 93.6 Å². The number of para-hydroxylation sites is 1. The summed E-state index contributed by atoms with van der Waals surface area (Å²) >= 11 is 6.32. The van der Waals surface area contributed by atoms with E-state index in [4.69, 9.17) is 26.8 Å². The highest BCUT2D eigenvalue weighted by atomic mass is 35.5. The van der Waals surface area contributed by atoms with Crippen LogP contribution in [0.25, 0.3) is 10.9 Å². The molecule has 0 radical (unpaired) electrons. The first-order chi connectivity index (χ1) is 39.8. The molecule has 82 heavy (non-hydrogen) atoms. The summed E-state index contributed by atoms with van der Waals surface area (Å²) in [5.74, 6) is -3.66. The molecule has 430 valence electrons. The molecule has 21 heteroatoms. The van der Waals surface area contributed by atoms with Crippen molar-refractivity contribution >= 4 is 64.0 Å². The van der Waals surface area contributed by atoms with Crippen molar-refractivity contribution in [3.63, 3.8) is 0 Å². The molecule has 10 N–H and O–H groups in total. The van der Waals surface area contributed by atoms with Gasteiger partial charge in [-0.1, -0.05) is 115 Å². The second-order valence-corrected chi connectivity index (χ2v) is 21.3. The molecule has 0 bridgehead atoms. The monoisotopic (exact) mass is 1140 g/mol. The van der Waals surface area contributed by atoms with E-state index in [0.29, 0.717) is 66.7 Å². The average Bonchev–Trinajstić information content (AvgIpc) is 4.34. The van der Waals surface area contributed by atoms with Crippen molar-refractivity contribution < 1.29 is 43.0 Å². The summed E-state index contributed by atoms with van der Waals surface area (Å²) in [4.78, 5) is 111. The molecule has 3 fully saturated rings. The Morgan fingerprint density at radius 1 is 0.622 bits per heavy atom. The minimum atomic E-state index is -1.38. The normalized spacial score (nSPS) is 22.4. The molecule has 3 aliphatic heterocycles. The zero-order valence-corrected chi connectivity index (χ0v) is 46.2. The van der Waals surface area contributed by atoms with Crippen LogP contribution in [0.15, 0.2) is 140 Å². The molecular formula is C61H70ClN11O9. The van der Waals surface area contributed by atoms with E-state index in [1.54, 1.807) is 54.7 Å². The third-order valence-corrected chi connectivity index (χ3v) is 15.2. The smallest absolute Gasteiger partial charge is 0.407 e. The van der Waals surface area contributed by atoms with Crippen LogP contribution in [-0.2, 0) is 65.8 Å². The van der Waals surface area contributed by atoms with Gasteiger partial charge in [-0.25, -0.2) is 4.79 Å². The molecule has 3 aliphatic rings. The molecule has 6 aromatic rings. The first-order valence-corrected chi connectivity index (χ1v) is 28.2. The van der Waals surface area contributed by atoms with Gasteiger partial charge in [-0.15, -0.1) is 0 Å². The maximum atomic E-state index is 15.5. The van der Waals surface area contributed by atoms with Crippen LogP contribution in [-0.4, -0.2) is 151 Å². The lowest BCUT2D eigenvalue weighted by atomic mass is 10.00. The topological polar surface area (TPSA) is 270 Å². The van der Waals surface area contributed by atoms with E-state index < -0.39 is 83.9 Å². The number of nitrogens with zero attached hydrogens (tertiary/aromatic N) is 2. The number of amides is 7. The number of hydrogen-bond donors (Lipinski definition) is 9. The molecule has 0 spiro atoms. The number of alkyl carbamates (subject to hydrolysis) is 1. The van der Waals surface area contributed by atoms with E-state index in [-0.39, 0.29) is 58.3 Å². The van der Waals surface area contributed by atoms with E-state index >= 15 is 28.8 Å². The number of aromatic nitrogens is 1. The summed E-state index contributed by atoms with van der Waals surface area (Å²) in [6.45, 7) is 2.70. The van der Waals surface area contributed by atoms with Gasteiger partial charge < -0.3 is 62.3 Å². The largest absolute Gasteiger partial charge is 0.489 e. The van der Waals surface area contributed by atoms with Crippen molar-refractivity contribution in [2.45, 2.75) is 87.5 Å². The van der Waals surface area contributed by atoms with E-state index in [2.05, 4.69) is 42.2 Å². The predicted molar refractivity (Wildman–Crippen MR) is 309 cm³/mol. The van der Waals surface area contributed by atoms with Crippen molar-refractivity contribution in [2.24, 2.45) is 5.73 Å². The first kappa shape index (κ1) is 58.4. The van der Waals surface area contributed by atoms with Crippen LogP contribution in [0.5, 0.6) is 5.75 Å². The molecule has 7 amide bonds.